The van der Waals surface area contributed by atoms with Crippen LogP contribution in [0.3, 0.4) is 0 Å². The average Bonchev–Trinajstić information content (AvgIpc) is 2.39. The second kappa shape index (κ2) is 6.59. The number of ether oxygens (including phenoxy) is 1. The first kappa shape index (κ1) is 14.0. The Morgan fingerprint density at radius 1 is 1.44 bits per heavy atom. The Kier molecular flexibility index (Phi) is 5.11. The number of allylic oxidation sites excluding steroid dienone is 1. The molecule has 0 aliphatic carbocycles. The maximum absolute atomic E-state index is 11.8. The van der Waals surface area contributed by atoms with Gasteiger partial charge in [0.15, 0.2) is 5.78 Å². The van der Waals surface area contributed by atoms with Crippen LogP contribution >= 0.6 is 0 Å². The Labute approximate surface area is 107 Å². The minimum absolute atomic E-state index is 0.0239. The zero-order chi connectivity index (χ0) is 13.5. The summed E-state index contributed by atoms with van der Waals surface area (Å²) in [6, 6.07) is 7.27. The molecule has 4 nitrogen and oxygen atoms in total. The Hall–Kier alpha value is -2.10. The molecule has 0 aliphatic rings. The van der Waals surface area contributed by atoms with E-state index in [1.54, 1.807) is 13.2 Å². The molecule has 0 atom stereocenters. The average molecular weight is 246 g/mol. The van der Waals surface area contributed by atoms with Gasteiger partial charge in [-0.25, -0.2) is 0 Å². The van der Waals surface area contributed by atoms with Crippen molar-refractivity contribution in [2.75, 3.05) is 7.11 Å². The molecule has 1 aromatic rings. The lowest BCUT2D eigenvalue weighted by Crippen LogP contribution is -2.12. The fourth-order valence-corrected chi connectivity index (χ4v) is 1.36. The number of carbonyl (C=O) groups is 1. The molecule has 0 fully saturated rings. The fourth-order valence-electron chi connectivity index (χ4n) is 1.36. The molecule has 18 heavy (non-hydrogen) atoms. The van der Waals surface area contributed by atoms with Crippen LogP contribution in [0, 0.1) is 5.92 Å². The zero-order valence-corrected chi connectivity index (χ0v) is 10.9. The van der Waals surface area contributed by atoms with E-state index in [-0.39, 0.29) is 11.7 Å². The summed E-state index contributed by atoms with van der Waals surface area (Å²) in [5.74, 6) is 0.596. The highest BCUT2D eigenvalue weighted by atomic mass is 16.5. The molecule has 0 aromatic heterocycles. The Morgan fingerprint density at radius 2 is 2.17 bits per heavy atom. The van der Waals surface area contributed by atoms with Gasteiger partial charge < -0.3 is 10.5 Å². The second-order valence-corrected chi connectivity index (χ2v) is 4.10. The van der Waals surface area contributed by atoms with Gasteiger partial charge in [0.1, 0.15) is 5.75 Å². The van der Waals surface area contributed by atoms with Gasteiger partial charge in [-0.2, -0.15) is 0 Å². The first-order valence-electron chi connectivity index (χ1n) is 5.72. The molecule has 1 rings (SSSR count). The smallest absolute Gasteiger partial charge is 0.168 e. The fraction of sp³-hybridized carbons (Fsp3) is 0.286. The lowest BCUT2D eigenvalue weighted by molar-refractivity contribution is -0.117. The van der Waals surface area contributed by atoms with Gasteiger partial charge in [-0.1, -0.05) is 19.9 Å². The van der Waals surface area contributed by atoms with Crippen molar-refractivity contribution in [3.63, 3.8) is 0 Å². The maximum atomic E-state index is 11.8. The van der Waals surface area contributed by atoms with Crippen molar-refractivity contribution >= 4 is 17.7 Å². The maximum Gasteiger partial charge on any atom is 0.168 e. The SMILES string of the molecule is COc1cccc(N=CC(=CN)C(=O)C(C)C)c1. The Balaban J connectivity index is 2.87. The van der Waals surface area contributed by atoms with Gasteiger partial charge in [0, 0.05) is 24.4 Å². The molecule has 1 aromatic carbocycles. The lowest BCUT2D eigenvalue weighted by Gasteiger charge is -2.03. The van der Waals surface area contributed by atoms with Crippen molar-refractivity contribution < 1.29 is 9.53 Å². The molecule has 0 radical (unpaired) electrons. The van der Waals surface area contributed by atoms with Crippen LogP contribution in [0.25, 0.3) is 0 Å². The van der Waals surface area contributed by atoms with E-state index in [2.05, 4.69) is 4.99 Å². The topological polar surface area (TPSA) is 64.7 Å². The number of ketones is 1. The molecular weight excluding hydrogens is 228 g/mol. The van der Waals surface area contributed by atoms with Crippen molar-refractivity contribution in [3.8, 4) is 5.75 Å². The standard InChI is InChI=1S/C14H18N2O2/c1-10(2)14(17)11(8-15)9-16-12-5-4-6-13(7-12)18-3/h4-10H,15H2,1-3H3. The van der Waals surface area contributed by atoms with E-state index in [4.69, 9.17) is 10.5 Å². The monoisotopic (exact) mass is 246 g/mol. The van der Waals surface area contributed by atoms with Crippen LogP contribution < -0.4 is 10.5 Å². The number of Topliss-reactive ketones (excluding diaryl/α,β-unsaturated/α-hetero) is 1. The number of hydrogen-bond donors (Lipinski definition) is 1. The summed E-state index contributed by atoms with van der Waals surface area (Å²) in [6.45, 7) is 3.65. The molecule has 0 saturated carbocycles. The molecular formula is C14H18N2O2. The van der Waals surface area contributed by atoms with Gasteiger partial charge in [-0.3, -0.25) is 9.79 Å². The van der Waals surface area contributed by atoms with Crippen molar-refractivity contribution in [1.29, 1.82) is 0 Å². The number of carbonyl (C=O) groups excluding carboxylic acids is 1. The van der Waals surface area contributed by atoms with Gasteiger partial charge in [-0.15, -0.1) is 0 Å². The van der Waals surface area contributed by atoms with E-state index < -0.39 is 0 Å². The summed E-state index contributed by atoms with van der Waals surface area (Å²) in [5.41, 5.74) is 6.56. The van der Waals surface area contributed by atoms with E-state index in [9.17, 15) is 4.79 Å². The number of methoxy groups -OCH3 is 1. The predicted octanol–water partition coefficient (Wildman–Crippen LogP) is 2.47. The molecule has 0 spiro atoms. The van der Waals surface area contributed by atoms with Crippen LogP contribution in [0.4, 0.5) is 5.69 Å². The van der Waals surface area contributed by atoms with E-state index in [0.29, 0.717) is 11.3 Å². The number of nitrogens with zero attached hydrogens (tertiary/aromatic N) is 1. The minimum atomic E-state index is -0.100. The van der Waals surface area contributed by atoms with Gasteiger partial charge in [0.05, 0.1) is 18.4 Å². The first-order chi connectivity index (χ1) is 8.58. The van der Waals surface area contributed by atoms with Gasteiger partial charge in [0.2, 0.25) is 0 Å². The van der Waals surface area contributed by atoms with Gasteiger partial charge in [-0.05, 0) is 12.1 Å². The van der Waals surface area contributed by atoms with Crippen molar-refractivity contribution in [1.82, 2.24) is 0 Å². The highest BCUT2D eigenvalue weighted by Gasteiger charge is 2.11. The number of hydrogen-bond acceptors (Lipinski definition) is 4. The minimum Gasteiger partial charge on any atom is -0.497 e. The largest absolute Gasteiger partial charge is 0.497 e. The van der Waals surface area contributed by atoms with Crippen molar-refractivity contribution in [2.24, 2.45) is 16.6 Å². The summed E-state index contributed by atoms with van der Waals surface area (Å²) in [4.78, 5) is 16.0. The third-order valence-electron chi connectivity index (χ3n) is 2.39. The van der Waals surface area contributed by atoms with Crippen LogP contribution in [0.1, 0.15) is 13.8 Å². The quantitative estimate of drug-likeness (QED) is 0.641. The third kappa shape index (κ3) is 3.73. The molecule has 0 saturated heterocycles. The number of nitrogens with two attached hydrogens (primary N) is 1. The Bertz CT molecular complexity index is 476. The number of aliphatic imine (C=N–C) groups is 1. The number of rotatable bonds is 5. The highest BCUT2D eigenvalue weighted by molar-refractivity contribution is 6.14. The number of benzene rings is 1. The molecule has 2 N–H and O–H groups in total. The van der Waals surface area contributed by atoms with Crippen LogP contribution in [0.5, 0.6) is 5.75 Å². The molecule has 0 heterocycles. The molecule has 0 unspecified atom stereocenters. The summed E-state index contributed by atoms with van der Waals surface area (Å²) >= 11 is 0. The van der Waals surface area contributed by atoms with Gasteiger partial charge >= 0.3 is 0 Å². The molecule has 0 amide bonds. The van der Waals surface area contributed by atoms with Crippen LogP contribution in [0.15, 0.2) is 41.0 Å². The predicted molar refractivity (Wildman–Crippen MR) is 73.3 cm³/mol. The van der Waals surface area contributed by atoms with Crippen LogP contribution in [-0.2, 0) is 4.79 Å². The van der Waals surface area contributed by atoms with E-state index in [1.165, 1.54) is 12.4 Å². The van der Waals surface area contributed by atoms with Crippen molar-refractivity contribution in [2.45, 2.75) is 13.8 Å². The molecule has 96 valence electrons. The zero-order valence-electron chi connectivity index (χ0n) is 10.9. The van der Waals surface area contributed by atoms with Crippen molar-refractivity contribution in [3.05, 3.63) is 36.0 Å². The lowest BCUT2D eigenvalue weighted by atomic mass is 10.0. The van der Waals surface area contributed by atoms with E-state index in [1.807, 2.05) is 32.0 Å². The normalized spacial score (nSPS) is 12.1. The van der Waals surface area contributed by atoms with Gasteiger partial charge in [0.25, 0.3) is 0 Å². The first-order valence-corrected chi connectivity index (χ1v) is 5.72. The van der Waals surface area contributed by atoms with E-state index >= 15 is 0 Å². The van der Waals surface area contributed by atoms with Crippen LogP contribution in [0.2, 0.25) is 0 Å². The summed E-state index contributed by atoms with van der Waals surface area (Å²) in [6.07, 6.45) is 2.77. The summed E-state index contributed by atoms with van der Waals surface area (Å²) in [7, 11) is 1.59. The highest BCUT2D eigenvalue weighted by Crippen LogP contribution is 2.19. The third-order valence-corrected chi connectivity index (χ3v) is 2.39. The molecule has 0 aliphatic heterocycles. The summed E-state index contributed by atoms with van der Waals surface area (Å²) in [5, 5.41) is 0. The molecule has 0 bridgehead atoms. The summed E-state index contributed by atoms with van der Waals surface area (Å²) < 4.78 is 5.09. The van der Waals surface area contributed by atoms with Crippen LogP contribution in [-0.4, -0.2) is 19.1 Å². The van der Waals surface area contributed by atoms with E-state index in [0.717, 1.165) is 5.75 Å². The second-order valence-electron chi connectivity index (χ2n) is 4.10. The Morgan fingerprint density at radius 3 is 2.72 bits per heavy atom. The molecule has 4 heteroatoms.